The maximum absolute atomic E-state index is 6.46. The third-order valence-corrected chi connectivity index (χ3v) is 12.0. The van der Waals surface area contributed by atoms with Gasteiger partial charge < -0.3 is 4.43 Å². The van der Waals surface area contributed by atoms with E-state index >= 15 is 0 Å². The third-order valence-electron chi connectivity index (χ3n) is 6.34. The Kier molecular flexibility index (Phi) is 6.99. The number of thioether (sulfide) groups is 1. The molecule has 3 rings (SSSR count). The van der Waals surface area contributed by atoms with Crippen LogP contribution in [-0.4, -0.2) is 40.9 Å². The molecular weight excluding hydrogens is 384 g/mol. The lowest BCUT2D eigenvalue weighted by Gasteiger charge is -2.38. The van der Waals surface area contributed by atoms with Gasteiger partial charge in [0.2, 0.25) is 5.16 Å². The van der Waals surface area contributed by atoms with Crippen LogP contribution in [0.25, 0.3) is 5.69 Å². The highest BCUT2D eigenvalue weighted by Crippen LogP contribution is 2.38. The SMILES string of the molecule is CC(C)(C)[Si](C)(C)OC[C@H]1CC[C@H](CSc2nnnn2-c2ccccc2)CC1. The monoisotopic (exact) mass is 418 g/mol. The van der Waals surface area contributed by atoms with Crippen molar-refractivity contribution in [3.05, 3.63) is 30.3 Å². The first-order valence-electron chi connectivity index (χ1n) is 10.4. The number of para-hydroxylation sites is 1. The molecule has 1 fully saturated rings. The second-order valence-corrected chi connectivity index (χ2v) is 15.3. The maximum atomic E-state index is 6.46. The van der Waals surface area contributed by atoms with Crippen LogP contribution < -0.4 is 0 Å². The summed E-state index contributed by atoms with van der Waals surface area (Å²) in [7, 11) is -1.63. The normalized spacial score (nSPS) is 21.0. The van der Waals surface area contributed by atoms with Crippen molar-refractivity contribution < 1.29 is 4.43 Å². The van der Waals surface area contributed by atoms with Crippen LogP contribution in [-0.2, 0) is 4.43 Å². The number of rotatable bonds is 7. The van der Waals surface area contributed by atoms with Gasteiger partial charge in [0.05, 0.1) is 5.69 Å². The summed E-state index contributed by atoms with van der Waals surface area (Å²) in [4.78, 5) is 0. The molecule has 0 bridgehead atoms. The van der Waals surface area contributed by atoms with E-state index in [1.165, 1.54) is 25.7 Å². The van der Waals surface area contributed by atoms with Gasteiger partial charge in [-0.1, -0.05) is 50.7 Å². The molecule has 5 nitrogen and oxygen atoms in total. The highest BCUT2D eigenvalue weighted by molar-refractivity contribution is 7.99. The van der Waals surface area contributed by atoms with E-state index in [9.17, 15) is 0 Å². The minimum Gasteiger partial charge on any atom is -0.417 e. The minimum absolute atomic E-state index is 0.295. The van der Waals surface area contributed by atoms with Crippen LogP contribution in [0.4, 0.5) is 0 Å². The van der Waals surface area contributed by atoms with E-state index in [1.807, 2.05) is 35.0 Å². The van der Waals surface area contributed by atoms with E-state index in [-0.39, 0.29) is 0 Å². The van der Waals surface area contributed by atoms with Gasteiger partial charge >= 0.3 is 0 Å². The van der Waals surface area contributed by atoms with Crippen molar-refractivity contribution in [3.8, 4) is 5.69 Å². The van der Waals surface area contributed by atoms with Gasteiger partial charge in [-0.2, -0.15) is 4.68 Å². The summed E-state index contributed by atoms with van der Waals surface area (Å²) in [6, 6.07) is 10.1. The number of tetrazole rings is 1. The maximum Gasteiger partial charge on any atom is 0.214 e. The summed E-state index contributed by atoms with van der Waals surface area (Å²) in [6.07, 6.45) is 5.13. The van der Waals surface area contributed by atoms with Crippen LogP contribution in [0.2, 0.25) is 18.1 Å². The Morgan fingerprint density at radius 2 is 1.71 bits per heavy atom. The molecule has 0 aliphatic heterocycles. The van der Waals surface area contributed by atoms with Gasteiger partial charge in [0.25, 0.3) is 0 Å². The molecule has 1 aromatic heterocycles. The Morgan fingerprint density at radius 3 is 2.36 bits per heavy atom. The van der Waals surface area contributed by atoms with Crippen molar-refractivity contribution in [3.63, 3.8) is 0 Å². The summed E-state index contributed by atoms with van der Waals surface area (Å²) < 4.78 is 8.29. The number of benzene rings is 1. The standard InChI is InChI=1S/C21H34N4OSSi/c1-21(2,3)28(4,5)26-15-17-11-13-18(14-12-17)16-27-20-22-23-24-25(20)19-9-7-6-8-10-19/h6-10,17-18H,11-16H2,1-5H3/t17-,18-. The summed E-state index contributed by atoms with van der Waals surface area (Å²) in [5.74, 6) is 2.56. The Bertz CT molecular complexity index is 736. The van der Waals surface area contributed by atoms with Gasteiger partial charge in [-0.15, -0.1) is 5.10 Å². The average Bonchev–Trinajstić information content (AvgIpc) is 3.14. The van der Waals surface area contributed by atoms with Crippen molar-refractivity contribution in [2.75, 3.05) is 12.4 Å². The van der Waals surface area contributed by atoms with E-state index in [0.29, 0.717) is 5.04 Å². The summed E-state index contributed by atoms with van der Waals surface area (Å²) >= 11 is 1.78. The van der Waals surface area contributed by atoms with Crippen LogP contribution in [0.15, 0.2) is 35.5 Å². The van der Waals surface area contributed by atoms with Gasteiger partial charge in [-0.25, -0.2) is 0 Å². The largest absolute Gasteiger partial charge is 0.417 e. The van der Waals surface area contributed by atoms with Crippen molar-refractivity contribution in [2.24, 2.45) is 11.8 Å². The zero-order valence-corrected chi connectivity index (χ0v) is 19.7. The topological polar surface area (TPSA) is 52.8 Å². The Labute approximate surface area is 174 Å². The lowest BCUT2D eigenvalue weighted by atomic mass is 9.83. The summed E-state index contributed by atoms with van der Waals surface area (Å²) in [5, 5.41) is 13.4. The van der Waals surface area contributed by atoms with Gasteiger partial charge in [-0.05, 0) is 78.2 Å². The fraction of sp³-hybridized carbons (Fsp3) is 0.667. The predicted octanol–water partition coefficient (Wildman–Crippen LogP) is 5.58. The molecule has 0 spiro atoms. The molecule has 1 aliphatic rings. The first-order valence-corrected chi connectivity index (χ1v) is 14.3. The Morgan fingerprint density at radius 1 is 1.07 bits per heavy atom. The van der Waals surface area contributed by atoms with Gasteiger partial charge in [-0.3, -0.25) is 0 Å². The summed E-state index contributed by atoms with van der Waals surface area (Å²) in [6.45, 7) is 12.6. The van der Waals surface area contributed by atoms with E-state index in [4.69, 9.17) is 4.43 Å². The molecular formula is C21H34N4OSSi. The molecule has 154 valence electrons. The number of nitrogens with zero attached hydrogens (tertiary/aromatic N) is 4. The van der Waals surface area contributed by atoms with Crippen LogP contribution in [0.3, 0.4) is 0 Å². The molecule has 7 heteroatoms. The lowest BCUT2D eigenvalue weighted by molar-refractivity contribution is 0.176. The minimum atomic E-state index is -1.63. The first kappa shape index (κ1) is 21.5. The number of aromatic nitrogens is 4. The van der Waals surface area contributed by atoms with Crippen molar-refractivity contribution in [1.29, 1.82) is 0 Å². The van der Waals surface area contributed by atoms with E-state index in [0.717, 1.165) is 35.0 Å². The third kappa shape index (κ3) is 5.45. The van der Waals surface area contributed by atoms with Gasteiger partial charge in [0.1, 0.15) is 0 Å². The highest BCUT2D eigenvalue weighted by Gasteiger charge is 2.37. The molecule has 1 aliphatic carbocycles. The molecule has 28 heavy (non-hydrogen) atoms. The number of hydrogen-bond donors (Lipinski definition) is 0. The Hall–Kier alpha value is -1.18. The molecule has 0 N–H and O–H groups in total. The van der Waals surface area contributed by atoms with Gasteiger partial charge in [0, 0.05) is 12.4 Å². The molecule has 0 radical (unpaired) electrons. The fourth-order valence-corrected chi connectivity index (χ4v) is 5.46. The van der Waals surface area contributed by atoms with Crippen LogP contribution >= 0.6 is 11.8 Å². The zero-order chi connectivity index (χ0) is 20.2. The van der Waals surface area contributed by atoms with Crippen molar-refractivity contribution in [2.45, 2.75) is 69.7 Å². The predicted molar refractivity (Wildman–Crippen MR) is 118 cm³/mol. The van der Waals surface area contributed by atoms with E-state index in [2.05, 4.69) is 49.4 Å². The molecule has 2 aromatic rings. The lowest BCUT2D eigenvalue weighted by Crippen LogP contribution is -2.42. The van der Waals surface area contributed by atoms with E-state index in [1.54, 1.807) is 11.8 Å². The number of hydrogen-bond acceptors (Lipinski definition) is 5. The van der Waals surface area contributed by atoms with Crippen molar-refractivity contribution in [1.82, 2.24) is 20.2 Å². The molecule has 1 saturated carbocycles. The highest BCUT2D eigenvalue weighted by atomic mass is 32.2. The molecule has 1 heterocycles. The van der Waals surface area contributed by atoms with Crippen molar-refractivity contribution >= 4 is 20.1 Å². The second kappa shape index (κ2) is 9.09. The summed E-state index contributed by atoms with van der Waals surface area (Å²) in [5.41, 5.74) is 1.02. The van der Waals surface area contributed by atoms with Crippen LogP contribution in [0.1, 0.15) is 46.5 Å². The molecule has 0 unspecified atom stereocenters. The fourth-order valence-electron chi connectivity index (χ4n) is 3.30. The Balaban J connectivity index is 1.44. The second-order valence-electron chi connectivity index (χ2n) is 9.48. The van der Waals surface area contributed by atoms with Crippen LogP contribution in [0, 0.1) is 11.8 Å². The van der Waals surface area contributed by atoms with Crippen LogP contribution in [0.5, 0.6) is 0 Å². The quantitative estimate of drug-likeness (QED) is 0.434. The van der Waals surface area contributed by atoms with E-state index < -0.39 is 8.32 Å². The van der Waals surface area contributed by atoms with Gasteiger partial charge in [0.15, 0.2) is 8.32 Å². The average molecular weight is 419 g/mol. The smallest absolute Gasteiger partial charge is 0.214 e. The molecule has 0 saturated heterocycles. The first-order chi connectivity index (χ1) is 13.3. The molecule has 0 atom stereocenters. The molecule has 1 aromatic carbocycles. The zero-order valence-electron chi connectivity index (χ0n) is 17.9. The molecule has 0 amide bonds.